The van der Waals surface area contributed by atoms with Gasteiger partial charge in [-0.3, -0.25) is 4.79 Å². The first-order valence-corrected chi connectivity index (χ1v) is 6.64. The van der Waals surface area contributed by atoms with Crippen LogP contribution in [0, 0.1) is 5.41 Å². The molecule has 0 spiro atoms. The molecule has 1 amide bonds. The summed E-state index contributed by atoms with van der Waals surface area (Å²) in [5.41, 5.74) is -0.182. The Balaban J connectivity index is 2.03. The first-order chi connectivity index (χ1) is 7.10. The van der Waals surface area contributed by atoms with Crippen LogP contribution in [0.25, 0.3) is 0 Å². The van der Waals surface area contributed by atoms with Crippen molar-refractivity contribution in [3.05, 3.63) is 9.98 Å². The summed E-state index contributed by atoms with van der Waals surface area (Å²) in [6.45, 7) is 2.04. The summed E-state index contributed by atoms with van der Waals surface area (Å²) in [4.78, 5) is 16.1. The molecule has 0 atom stereocenters. The summed E-state index contributed by atoms with van der Waals surface area (Å²) in [7, 11) is 0. The van der Waals surface area contributed by atoms with Crippen LogP contribution in [0.4, 0.5) is 5.13 Å². The van der Waals surface area contributed by atoms with E-state index in [1.165, 1.54) is 11.3 Å². The molecular weight excluding hydrogens is 276 g/mol. The fraction of sp³-hybridized carbons (Fsp3) is 0.600. The Kier molecular flexibility index (Phi) is 3.11. The first-order valence-electron chi connectivity index (χ1n) is 5.03. The van der Waals surface area contributed by atoms with E-state index in [4.69, 9.17) is 0 Å². The predicted molar refractivity (Wildman–Crippen MR) is 65.0 cm³/mol. The van der Waals surface area contributed by atoms with E-state index in [9.17, 15) is 4.79 Å². The van der Waals surface area contributed by atoms with Gasteiger partial charge in [0.05, 0.1) is 9.98 Å². The molecule has 1 aliphatic carbocycles. The molecule has 2 rings (SSSR count). The molecule has 1 heterocycles. The number of anilines is 1. The smallest absolute Gasteiger partial charge is 0.232 e. The van der Waals surface area contributed by atoms with Crippen molar-refractivity contribution >= 4 is 38.3 Å². The van der Waals surface area contributed by atoms with Gasteiger partial charge in [0, 0.05) is 5.41 Å². The highest BCUT2D eigenvalue weighted by Gasteiger charge is 2.36. The van der Waals surface area contributed by atoms with E-state index in [0.717, 1.165) is 29.5 Å². The number of aromatic nitrogens is 1. The molecule has 1 fully saturated rings. The number of carbonyl (C=O) groups excluding carboxylic acids is 1. The quantitative estimate of drug-likeness (QED) is 0.906. The monoisotopic (exact) mass is 288 g/mol. The minimum Gasteiger partial charge on any atom is -0.301 e. The SMILES string of the molecule is CC1(C(=O)Nc2ncc(Br)s2)CCCC1. The van der Waals surface area contributed by atoms with E-state index in [-0.39, 0.29) is 11.3 Å². The molecule has 1 aromatic heterocycles. The van der Waals surface area contributed by atoms with Gasteiger partial charge in [-0.1, -0.05) is 31.1 Å². The Bertz CT molecular complexity index is 371. The van der Waals surface area contributed by atoms with Gasteiger partial charge in [-0.25, -0.2) is 4.98 Å². The van der Waals surface area contributed by atoms with Crippen molar-refractivity contribution in [2.24, 2.45) is 5.41 Å². The second kappa shape index (κ2) is 4.22. The lowest BCUT2D eigenvalue weighted by Crippen LogP contribution is -2.30. The lowest BCUT2D eigenvalue weighted by molar-refractivity contribution is -0.124. The van der Waals surface area contributed by atoms with E-state index < -0.39 is 0 Å². The molecule has 1 N–H and O–H groups in total. The van der Waals surface area contributed by atoms with Gasteiger partial charge in [0.15, 0.2) is 5.13 Å². The molecule has 0 aromatic carbocycles. The molecule has 5 heteroatoms. The zero-order chi connectivity index (χ0) is 10.9. The van der Waals surface area contributed by atoms with Crippen molar-refractivity contribution in [2.75, 3.05) is 5.32 Å². The van der Waals surface area contributed by atoms with Gasteiger partial charge >= 0.3 is 0 Å². The highest BCUT2D eigenvalue weighted by molar-refractivity contribution is 9.11. The van der Waals surface area contributed by atoms with Gasteiger partial charge in [0.25, 0.3) is 0 Å². The summed E-state index contributed by atoms with van der Waals surface area (Å²) in [6, 6.07) is 0. The second-order valence-corrected chi connectivity index (χ2v) is 6.60. The van der Waals surface area contributed by atoms with Crippen LogP contribution in [0.15, 0.2) is 9.98 Å². The van der Waals surface area contributed by atoms with Gasteiger partial charge in [-0.05, 0) is 28.8 Å². The van der Waals surface area contributed by atoms with E-state index >= 15 is 0 Å². The third-order valence-corrected chi connectivity index (χ3v) is 4.34. The molecule has 3 nitrogen and oxygen atoms in total. The molecule has 0 aliphatic heterocycles. The molecule has 1 aliphatic rings. The van der Waals surface area contributed by atoms with E-state index in [2.05, 4.69) is 26.2 Å². The lowest BCUT2D eigenvalue weighted by atomic mass is 9.88. The van der Waals surface area contributed by atoms with Crippen LogP contribution in [0.3, 0.4) is 0 Å². The van der Waals surface area contributed by atoms with Gasteiger partial charge in [-0.2, -0.15) is 0 Å². The van der Waals surface area contributed by atoms with Gasteiger partial charge in [0.2, 0.25) is 5.91 Å². The average Bonchev–Trinajstić information content (AvgIpc) is 2.76. The van der Waals surface area contributed by atoms with Crippen molar-refractivity contribution < 1.29 is 4.79 Å². The number of nitrogens with one attached hydrogen (secondary N) is 1. The summed E-state index contributed by atoms with van der Waals surface area (Å²) in [5.74, 6) is 0.113. The summed E-state index contributed by atoms with van der Waals surface area (Å²) in [5, 5.41) is 3.56. The van der Waals surface area contributed by atoms with Crippen molar-refractivity contribution in [2.45, 2.75) is 32.6 Å². The molecule has 82 valence electrons. The number of thiazole rings is 1. The van der Waals surface area contributed by atoms with Gasteiger partial charge in [0.1, 0.15) is 0 Å². The highest BCUT2D eigenvalue weighted by atomic mass is 79.9. The molecular formula is C10H13BrN2OS. The number of amides is 1. The zero-order valence-corrected chi connectivity index (χ0v) is 10.9. The molecule has 0 saturated heterocycles. The molecule has 1 saturated carbocycles. The summed E-state index contributed by atoms with van der Waals surface area (Å²) < 4.78 is 0.939. The van der Waals surface area contributed by atoms with Crippen molar-refractivity contribution in [3.8, 4) is 0 Å². The minimum absolute atomic E-state index is 0.113. The summed E-state index contributed by atoms with van der Waals surface area (Å²) >= 11 is 4.77. The maximum absolute atomic E-state index is 12.0. The van der Waals surface area contributed by atoms with Crippen LogP contribution in [-0.2, 0) is 4.79 Å². The molecule has 0 unspecified atom stereocenters. The fourth-order valence-electron chi connectivity index (χ4n) is 1.94. The van der Waals surface area contributed by atoms with E-state index in [1.54, 1.807) is 6.20 Å². The van der Waals surface area contributed by atoms with Crippen LogP contribution in [0.1, 0.15) is 32.6 Å². The highest BCUT2D eigenvalue weighted by Crippen LogP contribution is 2.38. The van der Waals surface area contributed by atoms with Crippen LogP contribution in [-0.4, -0.2) is 10.9 Å². The van der Waals surface area contributed by atoms with E-state index in [0.29, 0.717) is 5.13 Å². The van der Waals surface area contributed by atoms with E-state index in [1.807, 2.05) is 6.92 Å². The van der Waals surface area contributed by atoms with Gasteiger partial charge in [-0.15, -0.1) is 0 Å². The third-order valence-electron chi connectivity index (χ3n) is 2.95. The maximum Gasteiger partial charge on any atom is 0.232 e. The van der Waals surface area contributed by atoms with Crippen LogP contribution >= 0.6 is 27.3 Å². The number of halogens is 1. The Morgan fingerprint density at radius 3 is 2.80 bits per heavy atom. The third kappa shape index (κ3) is 2.39. The molecule has 0 bridgehead atoms. The fourth-order valence-corrected chi connectivity index (χ4v) is 3.04. The zero-order valence-electron chi connectivity index (χ0n) is 8.55. The standard InChI is InChI=1S/C10H13BrN2OS/c1-10(4-2-3-5-10)8(14)13-9-12-6-7(11)15-9/h6H,2-5H2,1H3,(H,12,13,14). The van der Waals surface area contributed by atoms with Crippen LogP contribution in [0.2, 0.25) is 0 Å². The Labute approximate surface area is 101 Å². The Hall–Kier alpha value is -0.420. The number of rotatable bonds is 2. The summed E-state index contributed by atoms with van der Waals surface area (Å²) in [6.07, 6.45) is 6.00. The molecule has 15 heavy (non-hydrogen) atoms. The maximum atomic E-state index is 12.0. The topological polar surface area (TPSA) is 42.0 Å². The lowest BCUT2D eigenvalue weighted by Gasteiger charge is -2.21. The number of nitrogens with zero attached hydrogens (tertiary/aromatic N) is 1. The minimum atomic E-state index is -0.182. The number of carbonyl (C=O) groups is 1. The Morgan fingerprint density at radius 2 is 2.27 bits per heavy atom. The molecule has 1 aromatic rings. The largest absolute Gasteiger partial charge is 0.301 e. The van der Waals surface area contributed by atoms with Crippen molar-refractivity contribution in [1.82, 2.24) is 4.98 Å². The van der Waals surface area contributed by atoms with Crippen molar-refractivity contribution in [3.63, 3.8) is 0 Å². The van der Waals surface area contributed by atoms with Crippen LogP contribution in [0.5, 0.6) is 0 Å². The van der Waals surface area contributed by atoms with Gasteiger partial charge < -0.3 is 5.32 Å². The molecule has 0 radical (unpaired) electrons. The van der Waals surface area contributed by atoms with Crippen LogP contribution < -0.4 is 5.32 Å². The second-order valence-electron chi connectivity index (χ2n) is 4.19. The average molecular weight is 289 g/mol. The van der Waals surface area contributed by atoms with Crippen molar-refractivity contribution in [1.29, 1.82) is 0 Å². The number of hydrogen-bond donors (Lipinski definition) is 1. The number of hydrogen-bond acceptors (Lipinski definition) is 3. The first kappa shape index (κ1) is 11.1. The predicted octanol–water partition coefficient (Wildman–Crippen LogP) is 3.42. The Morgan fingerprint density at radius 1 is 1.60 bits per heavy atom. The normalized spacial score (nSPS) is 19.1.